The van der Waals surface area contributed by atoms with Gasteiger partial charge in [-0.2, -0.15) is 0 Å². The quantitative estimate of drug-likeness (QED) is 0.178. The van der Waals surface area contributed by atoms with Crippen molar-refractivity contribution >= 4 is 21.9 Å². The van der Waals surface area contributed by atoms with E-state index in [1.807, 2.05) is 24.3 Å². The van der Waals surface area contributed by atoms with Gasteiger partial charge in [-0.1, -0.05) is 104 Å². The second-order valence-corrected chi connectivity index (χ2v) is 10.5. The summed E-state index contributed by atoms with van der Waals surface area (Å²) in [5.41, 5.74) is 3.53. The third kappa shape index (κ3) is 8.47. The van der Waals surface area contributed by atoms with Crippen molar-refractivity contribution < 1.29 is 14.6 Å². The fourth-order valence-corrected chi connectivity index (χ4v) is 5.23. The van der Waals surface area contributed by atoms with E-state index < -0.39 is 0 Å². The first-order valence-electron chi connectivity index (χ1n) is 14.5. The minimum atomic E-state index is 0.339. The maximum Gasteiger partial charge on any atom is 0.135 e. The van der Waals surface area contributed by atoms with Crippen LogP contribution in [0.3, 0.4) is 0 Å². The van der Waals surface area contributed by atoms with Gasteiger partial charge in [-0.25, -0.2) is 0 Å². The summed E-state index contributed by atoms with van der Waals surface area (Å²) in [6.07, 6.45) is 22.2. The second kappa shape index (κ2) is 15.1. The Balaban J connectivity index is 1.54. The van der Waals surface area contributed by atoms with Crippen molar-refractivity contribution in [1.82, 2.24) is 0 Å². The lowest BCUT2D eigenvalue weighted by molar-refractivity contribution is 0.466. The van der Waals surface area contributed by atoms with E-state index in [-0.39, 0.29) is 0 Å². The largest absolute Gasteiger partial charge is 0.508 e. The molecule has 0 atom stereocenters. The van der Waals surface area contributed by atoms with Gasteiger partial charge in [-0.3, -0.25) is 0 Å². The molecule has 0 fully saturated rings. The van der Waals surface area contributed by atoms with Crippen molar-refractivity contribution in [3.8, 4) is 11.5 Å². The lowest BCUT2D eigenvalue weighted by Gasteiger charge is -2.06. The minimum Gasteiger partial charge on any atom is -0.508 e. The van der Waals surface area contributed by atoms with Crippen molar-refractivity contribution in [3.63, 3.8) is 0 Å². The Morgan fingerprint density at radius 1 is 0.486 bits per heavy atom. The SMILES string of the molecule is CCCCCCCCCCc1cc2oc3cc(CCCCCCCCCC)c(O)cc3c2cc1O. The summed E-state index contributed by atoms with van der Waals surface area (Å²) in [5.74, 6) is 0.677. The molecular formula is C32H48O3. The minimum absolute atomic E-state index is 0.339. The van der Waals surface area contributed by atoms with Gasteiger partial charge in [0, 0.05) is 10.8 Å². The van der Waals surface area contributed by atoms with E-state index in [1.165, 1.54) is 89.9 Å². The zero-order valence-electron chi connectivity index (χ0n) is 22.3. The second-order valence-electron chi connectivity index (χ2n) is 10.5. The molecule has 1 aromatic heterocycles. The smallest absolute Gasteiger partial charge is 0.135 e. The predicted octanol–water partition coefficient (Wildman–Crippen LogP) is 10.4. The molecule has 3 nitrogen and oxygen atoms in total. The molecule has 3 heteroatoms. The van der Waals surface area contributed by atoms with E-state index in [1.54, 1.807) is 0 Å². The highest BCUT2D eigenvalue weighted by Crippen LogP contribution is 2.37. The number of benzene rings is 2. The number of aromatic hydroxyl groups is 2. The molecule has 0 aliphatic carbocycles. The molecule has 0 aliphatic heterocycles. The van der Waals surface area contributed by atoms with Crippen LogP contribution in [-0.2, 0) is 12.8 Å². The molecule has 0 spiro atoms. The number of fused-ring (bicyclic) bond motifs is 3. The van der Waals surface area contributed by atoms with E-state index >= 15 is 0 Å². The Labute approximate surface area is 212 Å². The van der Waals surface area contributed by atoms with E-state index in [9.17, 15) is 10.2 Å². The maximum atomic E-state index is 10.6. The molecule has 0 aliphatic rings. The molecule has 0 amide bonds. The Bertz CT molecular complexity index is 936. The Morgan fingerprint density at radius 2 is 0.829 bits per heavy atom. The summed E-state index contributed by atoms with van der Waals surface area (Å²) in [7, 11) is 0. The first-order valence-corrected chi connectivity index (χ1v) is 14.5. The average Bonchev–Trinajstić information content (AvgIpc) is 3.18. The van der Waals surface area contributed by atoms with Gasteiger partial charge in [0.2, 0.25) is 0 Å². The zero-order valence-corrected chi connectivity index (χ0v) is 22.3. The molecule has 3 aromatic rings. The molecule has 2 aromatic carbocycles. The number of unbranched alkanes of at least 4 members (excludes halogenated alkanes) is 14. The molecule has 194 valence electrons. The topological polar surface area (TPSA) is 53.6 Å². The van der Waals surface area contributed by atoms with Crippen molar-refractivity contribution in [2.45, 2.75) is 129 Å². The van der Waals surface area contributed by atoms with Gasteiger partial charge in [0.05, 0.1) is 0 Å². The van der Waals surface area contributed by atoms with Gasteiger partial charge in [0.15, 0.2) is 0 Å². The Morgan fingerprint density at radius 3 is 1.20 bits per heavy atom. The molecule has 0 saturated heterocycles. The van der Waals surface area contributed by atoms with Crippen LogP contribution in [0.2, 0.25) is 0 Å². The number of furan rings is 1. The molecule has 0 saturated carbocycles. The third-order valence-electron chi connectivity index (χ3n) is 7.47. The summed E-state index contributed by atoms with van der Waals surface area (Å²) >= 11 is 0. The number of phenolic OH excluding ortho intramolecular Hbond substituents is 2. The van der Waals surface area contributed by atoms with Crippen LogP contribution < -0.4 is 0 Å². The normalized spacial score (nSPS) is 11.7. The molecule has 1 heterocycles. The summed E-state index contributed by atoms with van der Waals surface area (Å²) < 4.78 is 6.19. The molecule has 0 unspecified atom stereocenters. The van der Waals surface area contributed by atoms with Crippen LogP contribution in [0.4, 0.5) is 0 Å². The molecule has 0 bridgehead atoms. The third-order valence-corrected chi connectivity index (χ3v) is 7.47. The van der Waals surface area contributed by atoms with Crippen LogP contribution in [0.25, 0.3) is 21.9 Å². The molecule has 35 heavy (non-hydrogen) atoms. The van der Waals surface area contributed by atoms with Crippen LogP contribution in [-0.4, -0.2) is 10.2 Å². The van der Waals surface area contributed by atoms with Gasteiger partial charge in [0.25, 0.3) is 0 Å². The fourth-order valence-electron chi connectivity index (χ4n) is 5.23. The number of phenols is 2. The summed E-state index contributed by atoms with van der Waals surface area (Å²) in [6, 6.07) is 7.64. The van der Waals surface area contributed by atoms with Crippen LogP contribution in [0, 0.1) is 0 Å². The number of rotatable bonds is 18. The van der Waals surface area contributed by atoms with Crippen molar-refractivity contribution in [3.05, 3.63) is 35.4 Å². The van der Waals surface area contributed by atoms with Crippen LogP contribution in [0.1, 0.15) is 128 Å². The lowest BCUT2D eigenvalue weighted by Crippen LogP contribution is -1.88. The van der Waals surface area contributed by atoms with Crippen LogP contribution in [0.15, 0.2) is 28.7 Å². The first kappa shape index (κ1) is 27.4. The average molecular weight is 481 g/mol. The fraction of sp³-hybridized carbons (Fsp3) is 0.625. The highest BCUT2D eigenvalue weighted by molar-refractivity contribution is 6.06. The zero-order chi connectivity index (χ0) is 24.9. The van der Waals surface area contributed by atoms with Gasteiger partial charge >= 0.3 is 0 Å². The van der Waals surface area contributed by atoms with Crippen molar-refractivity contribution in [2.75, 3.05) is 0 Å². The van der Waals surface area contributed by atoms with Gasteiger partial charge in [-0.15, -0.1) is 0 Å². The van der Waals surface area contributed by atoms with Crippen molar-refractivity contribution in [2.24, 2.45) is 0 Å². The van der Waals surface area contributed by atoms with E-state index in [4.69, 9.17) is 4.42 Å². The summed E-state index contributed by atoms with van der Waals surface area (Å²) in [4.78, 5) is 0. The van der Waals surface area contributed by atoms with E-state index in [0.717, 1.165) is 58.7 Å². The number of aryl methyl sites for hydroxylation is 2. The van der Waals surface area contributed by atoms with E-state index in [0.29, 0.717) is 11.5 Å². The van der Waals surface area contributed by atoms with Gasteiger partial charge in [-0.05, 0) is 61.1 Å². The van der Waals surface area contributed by atoms with Crippen molar-refractivity contribution in [1.29, 1.82) is 0 Å². The monoisotopic (exact) mass is 480 g/mol. The van der Waals surface area contributed by atoms with Gasteiger partial charge in [0.1, 0.15) is 22.7 Å². The summed E-state index contributed by atoms with van der Waals surface area (Å²) in [5, 5.41) is 23.0. The molecular weight excluding hydrogens is 432 g/mol. The molecule has 0 radical (unpaired) electrons. The van der Waals surface area contributed by atoms with Crippen LogP contribution in [0.5, 0.6) is 11.5 Å². The van der Waals surface area contributed by atoms with Crippen LogP contribution >= 0.6 is 0 Å². The Kier molecular flexibility index (Phi) is 11.8. The lowest BCUT2D eigenvalue weighted by atomic mass is 10.0. The van der Waals surface area contributed by atoms with Gasteiger partial charge < -0.3 is 14.6 Å². The molecule has 2 N–H and O–H groups in total. The Hall–Kier alpha value is -2.16. The highest BCUT2D eigenvalue weighted by Gasteiger charge is 2.14. The van der Waals surface area contributed by atoms with E-state index in [2.05, 4.69) is 13.8 Å². The predicted molar refractivity (Wildman–Crippen MR) is 150 cm³/mol. The molecule has 3 rings (SSSR count). The number of hydrogen-bond donors (Lipinski definition) is 2. The summed E-state index contributed by atoms with van der Waals surface area (Å²) in [6.45, 7) is 4.51. The number of hydrogen-bond acceptors (Lipinski definition) is 3. The maximum absolute atomic E-state index is 10.6. The first-order chi connectivity index (χ1) is 17.1. The highest BCUT2D eigenvalue weighted by atomic mass is 16.3. The standard InChI is InChI=1S/C32H48O3/c1-3-5-7-9-11-13-15-17-19-25-21-31-27(23-29(25)33)28-24-30(34)26(22-32(28)35-31)20-18-16-14-12-10-8-6-4-2/h21-24,33-34H,3-20H2,1-2H3.